The molecule has 3 nitrogen and oxygen atoms in total. The van der Waals surface area contributed by atoms with Crippen LogP contribution in [0.15, 0.2) is 46.9 Å². The Labute approximate surface area is 137 Å². The van der Waals surface area contributed by atoms with Crippen LogP contribution in [0.4, 0.5) is 5.69 Å². The number of nitrogens with one attached hydrogen (secondary N) is 1. The van der Waals surface area contributed by atoms with Gasteiger partial charge in [-0.2, -0.15) is 0 Å². The van der Waals surface area contributed by atoms with Crippen molar-refractivity contribution in [1.82, 2.24) is 0 Å². The minimum absolute atomic E-state index is 0.198. The molecule has 1 unspecified atom stereocenters. The molecule has 0 saturated carbocycles. The van der Waals surface area contributed by atoms with Crippen molar-refractivity contribution in [3.63, 3.8) is 0 Å². The standard InChI is InChI=1S/C16H15BrN2OS/c17-10-5-6-13(12(9-10)16(18)21)19-14-7-8-20-15-4-2-1-3-11(14)15/h1-6,9,14,19H,7-8H2,(H2,18,21). The molecule has 2 aromatic carbocycles. The molecule has 5 heteroatoms. The first-order valence-corrected chi connectivity index (χ1v) is 7.93. The summed E-state index contributed by atoms with van der Waals surface area (Å²) in [5.41, 5.74) is 8.80. The van der Waals surface area contributed by atoms with Crippen molar-refractivity contribution >= 4 is 38.8 Å². The van der Waals surface area contributed by atoms with Gasteiger partial charge < -0.3 is 15.8 Å². The first-order chi connectivity index (χ1) is 10.1. The molecule has 2 aromatic rings. The molecule has 0 aromatic heterocycles. The van der Waals surface area contributed by atoms with E-state index in [0.717, 1.165) is 27.9 Å². The van der Waals surface area contributed by atoms with Gasteiger partial charge >= 0.3 is 0 Å². The predicted octanol–water partition coefficient (Wildman–Crippen LogP) is 4.02. The third-order valence-corrected chi connectivity index (χ3v) is 4.25. The lowest BCUT2D eigenvalue weighted by Gasteiger charge is -2.28. The van der Waals surface area contributed by atoms with Crippen LogP contribution in [0.5, 0.6) is 5.75 Å². The van der Waals surface area contributed by atoms with E-state index in [0.29, 0.717) is 11.6 Å². The molecule has 21 heavy (non-hydrogen) atoms. The fourth-order valence-electron chi connectivity index (χ4n) is 2.53. The van der Waals surface area contributed by atoms with Gasteiger partial charge in [-0.25, -0.2) is 0 Å². The summed E-state index contributed by atoms with van der Waals surface area (Å²) >= 11 is 8.60. The summed E-state index contributed by atoms with van der Waals surface area (Å²) in [6.07, 6.45) is 0.907. The van der Waals surface area contributed by atoms with Gasteiger partial charge in [0.15, 0.2) is 0 Å². The fraction of sp³-hybridized carbons (Fsp3) is 0.188. The fourth-order valence-corrected chi connectivity index (χ4v) is 3.06. The van der Waals surface area contributed by atoms with Crippen molar-refractivity contribution in [1.29, 1.82) is 0 Å². The summed E-state index contributed by atoms with van der Waals surface area (Å²) in [4.78, 5) is 0.388. The zero-order chi connectivity index (χ0) is 14.8. The van der Waals surface area contributed by atoms with Crippen LogP contribution in [-0.4, -0.2) is 11.6 Å². The molecule has 1 heterocycles. The Morgan fingerprint density at radius 1 is 1.29 bits per heavy atom. The largest absolute Gasteiger partial charge is 0.493 e. The number of halogens is 1. The third kappa shape index (κ3) is 3.04. The molecule has 1 atom stereocenters. The first kappa shape index (κ1) is 14.4. The average Bonchev–Trinajstić information content (AvgIpc) is 2.49. The Bertz CT molecular complexity index is 690. The molecule has 0 aliphatic carbocycles. The molecule has 0 spiro atoms. The number of hydrogen-bond acceptors (Lipinski definition) is 3. The van der Waals surface area contributed by atoms with Crippen molar-refractivity contribution in [2.75, 3.05) is 11.9 Å². The van der Waals surface area contributed by atoms with Crippen LogP contribution < -0.4 is 15.8 Å². The van der Waals surface area contributed by atoms with Crippen LogP contribution in [0.3, 0.4) is 0 Å². The van der Waals surface area contributed by atoms with E-state index >= 15 is 0 Å². The highest BCUT2D eigenvalue weighted by atomic mass is 79.9. The van der Waals surface area contributed by atoms with E-state index in [1.807, 2.05) is 36.4 Å². The molecule has 108 valence electrons. The SMILES string of the molecule is NC(=S)c1cc(Br)ccc1NC1CCOc2ccccc21. The maximum Gasteiger partial charge on any atom is 0.124 e. The highest BCUT2D eigenvalue weighted by molar-refractivity contribution is 9.10. The molecule has 0 saturated heterocycles. The second kappa shape index (κ2) is 6.03. The highest BCUT2D eigenvalue weighted by Gasteiger charge is 2.21. The Morgan fingerprint density at radius 3 is 2.90 bits per heavy atom. The molecular formula is C16H15BrN2OS. The monoisotopic (exact) mass is 362 g/mol. The molecule has 3 rings (SSSR count). The summed E-state index contributed by atoms with van der Waals surface area (Å²) in [6.45, 7) is 0.702. The lowest BCUT2D eigenvalue weighted by molar-refractivity contribution is 0.274. The number of hydrogen-bond donors (Lipinski definition) is 2. The molecule has 0 amide bonds. The lowest BCUT2D eigenvalue weighted by atomic mass is 9.99. The normalized spacial score (nSPS) is 16.7. The number of nitrogens with two attached hydrogens (primary N) is 1. The number of anilines is 1. The van der Waals surface area contributed by atoms with Crippen LogP contribution in [0.1, 0.15) is 23.6 Å². The van der Waals surface area contributed by atoms with Crippen LogP contribution >= 0.6 is 28.1 Å². The molecule has 3 N–H and O–H groups in total. The molecule has 1 aliphatic rings. The van der Waals surface area contributed by atoms with E-state index in [9.17, 15) is 0 Å². The van der Waals surface area contributed by atoms with Gasteiger partial charge in [0.1, 0.15) is 10.7 Å². The van der Waals surface area contributed by atoms with Gasteiger partial charge in [0.05, 0.1) is 12.6 Å². The minimum atomic E-state index is 0.198. The summed E-state index contributed by atoms with van der Waals surface area (Å²) in [6, 6.07) is 14.2. The predicted molar refractivity (Wildman–Crippen MR) is 92.9 cm³/mol. The summed E-state index contributed by atoms with van der Waals surface area (Å²) in [5, 5.41) is 3.55. The van der Waals surface area contributed by atoms with Gasteiger partial charge in [0, 0.05) is 27.7 Å². The smallest absolute Gasteiger partial charge is 0.124 e. The Kier molecular flexibility index (Phi) is 4.12. The second-order valence-electron chi connectivity index (χ2n) is 4.93. The maximum absolute atomic E-state index is 5.83. The minimum Gasteiger partial charge on any atom is -0.493 e. The number of thiocarbonyl (C=S) groups is 1. The summed E-state index contributed by atoms with van der Waals surface area (Å²) in [5.74, 6) is 0.940. The van der Waals surface area contributed by atoms with Crippen molar-refractivity contribution < 1.29 is 4.74 Å². The number of rotatable bonds is 3. The highest BCUT2D eigenvalue weighted by Crippen LogP contribution is 2.35. The third-order valence-electron chi connectivity index (χ3n) is 3.54. The van der Waals surface area contributed by atoms with Crippen molar-refractivity contribution in [2.45, 2.75) is 12.5 Å². The van der Waals surface area contributed by atoms with Crippen molar-refractivity contribution in [3.8, 4) is 5.75 Å². The van der Waals surface area contributed by atoms with Crippen LogP contribution in [0, 0.1) is 0 Å². The Balaban J connectivity index is 1.93. The number of ether oxygens (including phenoxy) is 1. The quantitative estimate of drug-likeness (QED) is 0.809. The second-order valence-corrected chi connectivity index (χ2v) is 6.28. The van der Waals surface area contributed by atoms with Gasteiger partial charge in [0.2, 0.25) is 0 Å². The molecule has 0 fully saturated rings. The van der Waals surface area contributed by atoms with Crippen LogP contribution in [-0.2, 0) is 0 Å². The molecular weight excluding hydrogens is 348 g/mol. The maximum atomic E-state index is 5.83. The zero-order valence-electron chi connectivity index (χ0n) is 11.3. The van der Waals surface area contributed by atoms with E-state index in [4.69, 9.17) is 22.7 Å². The van der Waals surface area contributed by atoms with Crippen LogP contribution in [0.25, 0.3) is 0 Å². The van der Waals surface area contributed by atoms with Crippen molar-refractivity contribution in [3.05, 3.63) is 58.1 Å². The average molecular weight is 363 g/mol. The lowest BCUT2D eigenvalue weighted by Crippen LogP contribution is -2.22. The van der Waals surface area contributed by atoms with Gasteiger partial charge in [0.25, 0.3) is 0 Å². The Hall–Kier alpha value is -1.59. The molecule has 0 radical (unpaired) electrons. The summed E-state index contributed by atoms with van der Waals surface area (Å²) < 4.78 is 6.65. The molecule has 1 aliphatic heterocycles. The number of para-hydroxylation sites is 1. The Morgan fingerprint density at radius 2 is 2.10 bits per heavy atom. The summed E-state index contributed by atoms with van der Waals surface area (Å²) in [7, 11) is 0. The zero-order valence-corrected chi connectivity index (χ0v) is 13.7. The van der Waals surface area contributed by atoms with E-state index in [-0.39, 0.29) is 6.04 Å². The van der Waals surface area contributed by atoms with E-state index in [2.05, 4.69) is 27.3 Å². The van der Waals surface area contributed by atoms with Crippen LogP contribution in [0.2, 0.25) is 0 Å². The van der Waals surface area contributed by atoms with E-state index < -0.39 is 0 Å². The van der Waals surface area contributed by atoms with Gasteiger partial charge in [-0.3, -0.25) is 0 Å². The van der Waals surface area contributed by atoms with Crippen molar-refractivity contribution in [2.24, 2.45) is 5.73 Å². The van der Waals surface area contributed by atoms with Gasteiger partial charge in [-0.05, 0) is 24.3 Å². The topological polar surface area (TPSA) is 47.3 Å². The molecule has 0 bridgehead atoms. The first-order valence-electron chi connectivity index (χ1n) is 6.73. The van der Waals surface area contributed by atoms with Gasteiger partial charge in [-0.15, -0.1) is 0 Å². The number of benzene rings is 2. The number of fused-ring (bicyclic) bond motifs is 1. The van der Waals surface area contributed by atoms with E-state index in [1.54, 1.807) is 0 Å². The van der Waals surface area contributed by atoms with E-state index in [1.165, 1.54) is 5.56 Å². The van der Waals surface area contributed by atoms with Gasteiger partial charge in [-0.1, -0.05) is 46.3 Å².